The van der Waals surface area contributed by atoms with Crippen LogP contribution < -0.4 is 0 Å². The molecule has 0 amide bonds. The number of hydrogen-bond acceptors (Lipinski definition) is 1. The van der Waals surface area contributed by atoms with Crippen molar-refractivity contribution in [2.24, 2.45) is 0 Å². The van der Waals surface area contributed by atoms with Gasteiger partial charge in [-0.05, 0) is 30.3 Å². The highest BCUT2D eigenvalue weighted by molar-refractivity contribution is 6.34. The summed E-state index contributed by atoms with van der Waals surface area (Å²) >= 11 is 18.0. The van der Waals surface area contributed by atoms with Crippen molar-refractivity contribution in [1.82, 2.24) is 9.55 Å². The van der Waals surface area contributed by atoms with Crippen LogP contribution in [0.25, 0.3) is 16.7 Å². The van der Waals surface area contributed by atoms with Gasteiger partial charge in [0, 0.05) is 5.02 Å². The molecule has 0 fully saturated rings. The molecule has 0 aliphatic heterocycles. The van der Waals surface area contributed by atoms with Crippen molar-refractivity contribution in [1.29, 1.82) is 0 Å². The molecule has 3 aromatic rings. The smallest absolute Gasteiger partial charge is 0.185 e. The Morgan fingerprint density at radius 1 is 1.10 bits per heavy atom. The fourth-order valence-corrected chi connectivity index (χ4v) is 2.70. The number of halogens is 5. The molecule has 0 N–H and O–H groups in total. The first kappa shape index (κ1) is 14.6. The van der Waals surface area contributed by atoms with E-state index in [0.717, 1.165) is 6.07 Å². The molecule has 1 heterocycles. The van der Waals surface area contributed by atoms with Gasteiger partial charge in [0.05, 0.1) is 22.1 Å². The predicted octanol–water partition coefficient (Wildman–Crippen LogP) is 5.35. The van der Waals surface area contributed by atoms with Gasteiger partial charge >= 0.3 is 0 Å². The van der Waals surface area contributed by atoms with Crippen LogP contribution in [-0.4, -0.2) is 9.55 Å². The Balaban J connectivity index is 2.45. The number of alkyl halides is 1. The van der Waals surface area contributed by atoms with E-state index in [1.165, 1.54) is 10.6 Å². The molecule has 1 aromatic heterocycles. The summed E-state index contributed by atoms with van der Waals surface area (Å²) in [4.78, 5) is 4.20. The summed E-state index contributed by atoms with van der Waals surface area (Å²) in [6.07, 6.45) is 0. The first-order valence-electron chi connectivity index (χ1n) is 5.89. The zero-order chi connectivity index (χ0) is 15.1. The monoisotopic (exact) mass is 346 g/mol. The summed E-state index contributed by atoms with van der Waals surface area (Å²) in [5.74, 6) is -1.62. The summed E-state index contributed by atoms with van der Waals surface area (Å²) in [6.45, 7) is 0. The lowest BCUT2D eigenvalue weighted by molar-refractivity contribution is 0.514. The maximum Gasteiger partial charge on any atom is 0.185 e. The van der Waals surface area contributed by atoms with Crippen molar-refractivity contribution < 1.29 is 8.78 Å². The zero-order valence-electron chi connectivity index (χ0n) is 10.4. The molecule has 2 nitrogen and oxygen atoms in total. The standard InChI is InChI=1S/C14H7Cl3F2N2/c15-6-12-20-10-4-3-9(18)13(19)14(10)21(12)11-5-7(16)1-2-8(11)17/h1-5H,6H2. The summed E-state index contributed by atoms with van der Waals surface area (Å²) < 4.78 is 29.1. The van der Waals surface area contributed by atoms with Crippen molar-refractivity contribution in [2.75, 3.05) is 0 Å². The molecule has 0 aliphatic rings. The molecule has 0 radical (unpaired) electrons. The van der Waals surface area contributed by atoms with Gasteiger partial charge in [-0.3, -0.25) is 4.57 Å². The van der Waals surface area contributed by atoms with Crippen LogP contribution in [-0.2, 0) is 5.88 Å². The molecule has 0 saturated heterocycles. The van der Waals surface area contributed by atoms with E-state index in [0.29, 0.717) is 27.1 Å². The second-order valence-corrected chi connectivity index (χ2v) is 5.43. The minimum absolute atomic E-state index is 0.0125. The molecule has 7 heteroatoms. The van der Waals surface area contributed by atoms with Crippen molar-refractivity contribution in [3.63, 3.8) is 0 Å². The highest BCUT2D eigenvalue weighted by atomic mass is 35.5. The van der Waals surface area contributed by atoms with E-state index in [-0.39, 0.29) is 11.4 Å². The fourth-order valence-electron chi connectivity index (χ4n) is 2.16. The average Bonchev–Trinajstić information content (AvgIpc) is 2.84. The Labute approximate surface area is 133 Å². The van der Waals surface area contributed by atoms with Crippen LogP contribution in [0.4, 0.5) is 8.78 Å². The molecule has 0 bridgehead atoms. The third kappa shape index (κ3) is 2.37. The maximum atomic E-state index is 14.2. The number of fused-ring (bicyclic) bond motifs is 1. The number of imidazole rings is 1. The first-order chi connectivity index (χ1) is 10.0. The molecular formula is C14H7Cl3F2N2. The van der Waals surface area contributed by atoms with Crippen LogP contribution in [0, 0.1) is 11.6 Å². The molecule has 108 valence electrons. The Hall–Kier alpha value is -1.36. The summed E-state index contributed by atoms with van der Waals surface area (Å²) in [6, 6.07) is 7.13. The summed E-state index contributed by atoms with van der Waals surface area (Å²) in [5, 5.41) is 0.738. The quantitative estimate of drug-likeness (QED) is 0.571. The molecule has 0 aliphatic carbocycles. The van der Waals surface area contributed by atoms with Crippen LogP contribution in [0.15, 0.2) is 30.3 Å². The van der Waals surface area contributed by atoms with Gasteiger partial charge in [0.1, 0.15) is 11.3 Å². The number of aromatic nitrogens is 2. The number of rotatable bonds is 2. The van der Waals surface area contributed by atoms with E-state index in [9.17, 15) is 8.78 Å². The van der Waals surface area contributed by atoms with Gasteiger partial charge < -0.3 is 0 Å². The molecular weight excluding hydrogens is 341 g/mol. The van der Waals surface area contributed by atoms with Crippen LogP contribution in [0.5, 0.6) is 0 Å². The van der Waals surface area contributed by atoms with Gasteiger partial charge in [0.15, 0.2) is 11.6 Å². The van der Waals surface area contributed by atoms with Gasteiger partial charge in [0.25, 0.3) is 0 Å². The minimum atomic E-state index is -1.01. The predicted molar refractivity (Wildman–Crippen MR) is 80.6 cm³/mol. The largest absolute Gasteiger partial charge is 0.291 e. The molecule has 0 saturated carbocycles. The third-order valence-corrected chi connectivity index (χ3v) is 3.84. The lowest BCUT2D eigenvalue weighted by atomic mass is 10.2. The van der Waals surface area contributed by atoms with Crippen molar-refractivity contribution in [3.8, 4) is 5.69 Å². The van der Waals surface area contributed by atoms with Gasteiger partial charge in [0.2, 0.25) is 0 Å². The van der Waals surface area contributed by atoms with E-state index in [2.05, 4.69) is 4.98 Å². The Morgan fingerprint density at radius 3 is 2.57 bits per heavy atom. The van der Waals surface area contributed by atoms with Crippen LogP contribution in [0.3, 0.4) is 0 Å². The SMILES string of the molecule is Fc1ccc2nc(CCl)n(-c3cc(Cl)ccc3Cl)c2c1F. The molecule has 0 spiro atoms. The Kier molecular flexibility index (Phi) is 3.78. The average molecular weight is 348 g/mol. The number of benzene rings is 2. The topological polar surface area (TPSA) is 17.8 Å². The fraction of sp³-hybridized carbons (Fsp3) is 0.0714. The lowest BCUT2D eigenvalue weighted by Crippen LogP contribution is -2.02. The number of nitrogens with zero attached hydrogens (tertiary/aromatic N) is 2. The van der Waals surface area contributed by atoms with E-state index in [4.69, 9.17) is 34.8 Å². The number of hydrogen-bond donors (Lipinski definition) is 0. The van der Waals surface area contributed by atoms with E-state index in [1.54, 1.807) is 18.2 Å². The lowest BCUT2D eigenvalue weighted by Gasteiger charge is -2.11. The summed E-state index contributed by atoms with van der Waals surface area (Å²) in [5.41, 5.74) is 0.669. The Bertz CT molecular complexity index is 846. The minimum Gasteiger partial charge on any atom is -0.291 e. The van der Waals surface area contributed by atoms with Crippen LogP contribution in [0.2, 0.25) is 10.0 Å². The van der Waals surface area contributed by atoms with Crippen molar-refractivity contribution >= 4 is 45.8 Å². The summed E-state index contributed by atoms with van der Waals surface area (Å²) in [7, 11) is 0. The van der Waals surface area contributed by atoms with Crippen LogP contribution >= 0.6 is 34.8 Å². The second-order valence-electron chi connectivity index (χ2n) is 4.32. The molecule has 2 aromatic carbocycles. The normalized spacial score (nSPS) is 11.3. The van der Waals surface area contributed by atoms with Crippen LogP contribution in [0.1, 0.15) is 5.82 Å². The molecule has 3 rings (SSSR count). The highest BCUT2D eigenvalue weighted by Crippen LogP contribution is 2.31. The Morgan fingerprint density at radius 2 is 1.86 bits per heavy atom. The zero-order valence-corrected chi connectivity index (χ0v) is 12.6. The second kappa shape index (κ2) is 5.44. The van der Waals surface area contributed by atoms with E-state index in [1.807, 2.05) is 0 Å². The van der Waals surface area contributed by atoms with Crippen molar-refractivity contribution in [2.45, 2.75) is 5.88 Å². The van der Waals surface area contributed by atoms with Gasteiger partial charge in [-0.25, -0.2) is 13.8 Å². The first-order valence-corrected chi connectivity index (χ1v) is 7.18. The van der Waals surface area contributed by atoms with Gasteiger partial charge in [-0.15, -0.1) is 11.6 Å². The van der Waals surface area contributed by atoms with Gasteiger partial charge in [-0.2, -0.15) is 0 Å². The highest BCUT2D eigenvalue weighted by Gasteiger charge is 2.19. The van der Waals surface area contributed by atoms with E-state index >= 15 is 0 Å². The third-order valence-electron chi connectivity index (χ3n) is 3.05. The van der Waals surface area contributed by atoms with Crippen molar-refractivity contribution in [3.05, 3.63) is 57.8 Å². The maximum absolute atomic E-state index is 14.2. The molecule has 0 atom stereocenters. The van der Waals surface area contributed by atoms with Gasteiger partial charge in [-0.1, -0.05) is 23.2 Å². The molecule has 0 unspecified atom stereocenters. The van der Waals surface area contributed by atoms with E-state index < -0.39 is 11.6 Å². The molecule has 21 heavy (non-hydrogen) atoms.